The van der Waals surface area contributed by atoms with Gasteiger partial charge in [-0.15, -0.1) is 0 Å². The Bertz CT molecular complexity index is 358. The molecule has 2 aliphatic rings. The summed E-state index contributed by atoms with van der Waals surface area (Å²) in [6.45, 7) is 6.47. The third-order valence-electron chi connectivity index (χ3n) is 4.55. The molecule has 1 saturated heterocycles. The first kappa shape index (κ1) is 15.1. The van der Waals surface area contributed by atoms with E-state index in [-0.39, 0.29) is 18.5 Å². The van der Waals surface area contributed by atoms with Gasteiger partial charge in [0.15, 0.2) is 0 Å². The Morgan fingerprint density at radius 2 is 1.80 bits per heavy atom. The number of aliphatic carboxylic acids is 1. The van der Waals surface area contributed by atoms with Gasteiger partial charge in [-0.05, 0) is 37.5 Å². The standard InChI is InChI=1S/C15H26N2O3/c1-11(2)12-5-8-16(9-6-12)15(20)17(13-3-4-13)10-7-14(18)19/h11-13H,3-10H2,1-2H3,(H,18,19). The molecule has 1 heterocycles. The van der Waals surface area contributed by atoms with Gasteiger partial charge in [0.1, 0.15) is 0 Å². The van der Waals surface area contributed by atoms with E-state index < -0.39 is 5.97 Å². The number of rotatable bonds is 5. The van der Waals surface area contributed by atoms with E-state index >= 15 is 0 Å². The van der Waals surface area contributed by atoms with Crippen LogP contribution in [0.2, 0.25) is 0 Å². The number of hydrogen-bond donors (Lipinski definition) is 1. The smallest absolute Gasteiger partial charge is 0.320 e. The normalized spacial score (nSPS) is 20.2. The van der Waals surface area contributed by atoms with Crippen molar-refractivity contribution in [1.82, 2.24) is 9.80 Å². The Morgan fingerprint density at radius 3 is 2.25 bits per heavy atom. The molecule has 1 N–H and O–H groups in total. The second-order valence-corrected chi connectivity index (χ2v) is 6.42. The molecule has 0 atom stereocenters. The molecule has 2 amide bonds. The molecular weight excluding hydrogens is 256 g/mol. The van der Waals surface area contributed by atoms with E-state index in [1.807, 2.05) is 4.90 Å². The van der Waals surface area contributed by atoms with E-state index in [1.54, 1.807) is 4.90 Å². The zero-order valence-corrected chi connectivity index (χ0v) is 12.5. The van der Waals surface area contributed by atoms with Gasteiger partial charge in [0.05, 0.1) is 6.42 Å². The molecule has 1 saturated carbocycles. The second-order valence-electron chi connectivity index (χ2n) is 6.42. The minimum atomic E-state index is -0.832. The summed E-state index contributed by atoms with van der Waals surface area (Å²) in [6, 6.07) is 0.334. The van der Waals surface area contributed by atoms with Crippen LogP contribution in [-0.2, 0) is 4.79 Å². The Kier molecular flexibility index (Phi) is 4.89. The van der Waals surface area contributed by atoms with Gasteiger partial charge in [0.2, 0.25) is 0 Å². The van der Waals surface area contributed by atoms with Crippen LogP contribution < -0.4 is 0 Å². The van der Waals surface area contributed by atoms with Crippen molar-refractivity contribution in [1.29, 1.82) is 0 Å². The Labute approximate surface area is 120 Å². The Morgan fingerprint density at radius 1 is 1.20 bits per heavy atom. The predicted molar refractivity (Wildman–Crippen MR) is 76.5 cm³/mol. The van der Waals surface area contributed by atoms with Gasteiger partial charge in [0, 0.05) is 25.7 Å². The van der Waals surface area contributed by atoms with Gasteiger partial charge in [-0.1, -0.05) is 13.8 Å². The molecule has 0 unspecified atom stereocenters. The van der Waals surface area contributed by atoms with Gasteiger partial charge >= 0.3 is 12.0 Å². The largest absolute Gasteiger partial charge is 0.481 e. The van der Waals surface area contributed by atoms with Crippen LogP contribution in [0.1, 0.15) is 46.0 Å². The monoisotopic (exact) mass is 282 g/mol. The molecule has 2 fully saturated rings. The molecular formula is C15H26N2O3. The molecule has 0 aromatic carbocycles. The quantitative estimate of drug-likeness (QED) is 0.842. The number of carboxylic acids is 1. The maximum Gasteiger partial charge on any atom is 0.320 e. The van der Waals surface area contributed by atoms with Crippen molar-refractivity contribution < 1.29 is 14.7 Å². The highest BCUT2D eigenvalue weighted by Gasteiger charge is 2.36. The van der Waals surface area contributed by atoms with Crippen molar-refractivity contribution in [2.75, 3.05) is 19.6 Å². The number of nitrogens with zero attached hydrogens (tertiary/aromatic N) is 2. The van der Waals surface area contributed by atoms with Crippen LogP contribution in [0.3, 0.4) is 0 Å². The molecule has 0 spiro atoms. The van der Waals surface area contributed by atoms with Crippen LogP contribution in [0.15, 0.2) is 0 Å². The SMILES string of the molecule is CC(C)C1CCN(C(=O)N(CCC(=O)O)C2CC2)CC1. The highest BCUT2D eigenvalue weighted by Crippen LogP contribution is 2.30. The third-order valence-corrected chi connectivity index (χ3v) is 4.55. The zero-order chi connectivity index (χ0) is 14.7. The molecule has 0 aromatic heterocycles. The van der Waals surface area contributed by atoms with E-state index in [0.29, 0.717) is 18.4 Å². The van der Waals surface area contributed by atoms with E-state index in [9.17, 15) is 9.59 Å². The number of urea groups is 1. The van der Waals surface area contributed by atoms with Gasteiger partial charge in [0.25, 0.3) is 0 Å². The van der Waals surface area contributed by atoms with Crippen molar-refractivity contribution in [3.05, 3.63) is 0 Å². The van der Waals surface area contributed by atoms with Gasteiger partial charge < -0.3 is 14.9 Å². The average molecular weight is 282 g/mol. The predicted octanol–water partition coefficient (Wildman–Crippen LogP) is 2.41. The third kappa shape index (κ3) is 3.87. The molecule has 5 nitrogen and oxygen atoms in total. The highest BCUT2D eigenvalue weighted by molar-refractivity contribution is 5.76. The summed E-state index contributed by atoms with van der Waals surface area (Å²) < 4.78 is 0. The molecule has 1 aliphatic carbocycles. The fraction of sp³-hybridized carbons (Fsp3) is 0.867. The lowest BCUT2D eigenvalue weighted by Crippen LogP contribution is -2.48. The van der Waals surface area contributed by atoms with E-state index in [2.05, 4.69) is 13.8 Å². The van der Waals surface area contributed by atoms with Crippen LogP contribution in [0.4, 0.5) is 4.79 Å². The van der Waals surface area contributed by atoms with Crippen LogP contribution in [0.25, 0.3) is 0 Å². The van der Waals surface area contributed by atoms with Crippen molar-refractivity contribution in [2.45, 2.75) is 52.0 Å². The van der Waals surface area contributed by atoms with E-state index in [4.69, 9.17) is 5.11 Å². The summed E-state index contributed by atoms with van der Waals surface area (Å²) >= 11 is 0. The van der Waals surface area contributed by atoms with Crippen LogP contribution in [0, 0.1) is 11.8 Å². The fourth-order valence-electron chi connectivity index (χ4n) is 2.98. The van der Waals surface area contributed by atoms with Gasteiger partial charge in [-0.3, -0.25) is 4.79 Å². The van der Waals surface area contributed by atoms with E-state index in [1.165, 1.54) is 0 Å². The number of carboxylic acid groups (broad SMARTS) is 1. The number of carbonyl (C=O) groups is 2. The molecule has 20 heavy (non-hydrogen) atoms. The first-order valence-corrected chi connectivity index (χ1v) is 7.76. The molecule has 5 heteroatoms. The molecule has 0 bridgehead atoms. The summed E-state index contributed by atoms with van der Waals surface area (Å²) in [4.78, 5) is 26.9. The minimum absolute atomic E-state index is 0.0463. The van der Waals surface area contributed by atoms with Crippen LogP contribution in [-0.4, -0.2) is 52.6 Å². The number of likely N-dealkylation sites (tertiary alicyclic amines) is 1. The molecule has 1 aliphatic heterocycles. The van der Waals surface area contributed by atoms with Gasteiger partial charge in [-0.2, -0.15) is 0 Å². The second kappa shape index (κ2) is 6.46. The van der Waals surface area contributed by atoms with Gasteiger partial charge in [-0.25, -0.2) is 4.79 Å². The Hall–Kier alpha value is -1.26. The fourth-order valence-corrected chi connectivity index (χ4v) is 2.98. The van der Waals surface area contributed by atoms with Crippen molar-refractivity contribution in [2.24, 2.45) is 11.8 Å². The summed E-state index contributed by atoms with van der Waals surface area (Å²) in [5.41, 5.74) is 0. The lowest BCUT2D eigenvalue weighted by molar-refractivity contribution is -0.137. The topological polar surface area (TPSA) is 60.9 Å². The summed E-state index contributed by atoms with van der Waals surface area (Å²) in [5, 5.41) is 8.80. The molecule has 0 radical (unpaired) electrons. The van der Waals surface area contributed by atoms with Crippen LogP contribution in [0.5, 0.6) is 0 Å². The first-order chi connectivity index (χ1) is 9.49. The summed E-state index contributed by atoms with van der Waals surface area (Å²) in [5.74, 6) is 0.563. The zero-order valence-electron chi connectivity index (χ0n) is 12.5. The van der Waals surface area contributed by atoms with Crippen molar-refractivity contribution in [3.8, 4) is 0 Å². The van der Waals surface area contributed by atoms with Crippen molar-refractivity contribution in [3.63, 3.8) is 0 Å². The van der Waals surface area contributed by atoms with E-state index in [0.717, 1.165) is 38.8 Å². The molecule has 0 aromatic rings. The van der Waals surface area contributed by atoms with Crippen molar-refractivity contribution >= 4 is 12.0 Å². The number of hydrogen-bond acceptors (Lipinski definition) is 2. The highest BCUT2D eigenvalue weighted by atomic mass is 16.4. The molecule has 114 valence electrons. The maximum absolute atomic E-state index is 12.5. The van der Waals surface area contributed by atoms with Crippen LogP contribution >= 0.6 is 0 Å². The number of amides is 2. The summed E-state index contributed by atoms with van der Waals surface area (Å²) in [7, 11) is 0. The average Bonchev–Trinajstić information content (AvgIpc) is 3.23. The summed E-state index contributed by atoms with van der Waals surface area (Å²) in [6.07, 6.45) is 4.23. The lowest BCUT2D eigenvalue weighted by Gasteiger charge is -2.37. The maximum atomic E-state index is 12.5. The minimum Gasteiger partial charge on any atom is -0.481 e. The lowest BCUT2D eigenvalue weighted by atomic mass is 9.87. The number of piperidine rings is 1. The number of carbonyl (C=O) groups excluding carboxylic acids is 1. The Balaban J connectivity index is 1.87. The first-order valence-electron chi connectivity index (χ1n) is 7.76. The molecule has 2 rings (SSSR count).